The van der Waals surface area contributed by atoms with Crippen molar-refractivity contribution in [3.05, 3.63) is 65.5 Å². The molecular weight excluding hydrogens is 219 g/mol. The van der Waals surface area contributed by atoms with Gasteiger partial charge in [-0.15, -0.1) is 0 Å². The lowest BCUT2D eigenvalue weighted by Gasteiger charge is -2.15. The smallest absolute Gasteiger partial charge is 0.165 e. The minimum Gasteiger partial charge on any atom is -0.493 e. The van der Waals surface area contributed by atoms with Crippen molar-refractivity contribution in [1.82, 2.24) is 0 Å². The molecule has 2 aromatic carbocycles. The SMILES string of the molecule is COc1c(F)cccc1C(O)c1ccccc1. The van der Waals surface area contributed by atoms with Gasteiger partial charge in [0.05, 0.1) is 7.11 Å². The first kappa shape index (κ1) is 11.6. The number of ether oxygens (including phenoxy) is 1. The van der Waals surface area contributed by atoms with E-state index in [-0.39, 0.29) is 5.75 Å². The van der Waals surface area contributed by atoms with Crippen LogP contribution in [0.25, 0.3) is 0 Å². The molecule has 1 unspecified atom stereocenters. The normalized spacial score (nSPS) is 12.2. The second-order valence-electron chi connectivity index (χ2n) is 3.68. The summed E-state index contributed by atoms with van der Waals surface area (Å²) in [6, 6.07) is 13.6. The first-order valence-electron chi connectivity index (χ1n) is 5.29. The average Bonchev–Trinajstić information content (AvgIpc) is 2.38. The fraction of sp³-hybridized carbons (Fsp3) is 0.143. The van der Waals surface area contributed by atoms with Crippen molar-refractivity contribution in [3.8, 4) is 5.75 Å². The van der Waals surface area contributed by atoms with E-state index in [0.717, 1.165) is 0 Å². The van der Waals surface area contributed by atoms with E-state index in [1.54, 1.807) is 24.3 Å². The predicted molar refractivity (Wildman–Crippen MR) is 63.5 cm³/mol. The molecule has 0 radical (unpaired) electrons. The van der Waals surface area contributed by atoms with Crippen LogP contribution in [0.2, 0.25) is 0 Å². The highest BCUT2D eigenvalue weighted by molar-refractivity contribution is 5.41. The minimum atomic E-state index is -0.887. The number of halogens is 1. The van der Waals surface area contributed by atoms with Crippen LogP contribution >= 0.6 is 0 Å². The van der Waals surface area contributed by atoms with Gasteiger partial charge in [-0.25, -0.2) is 4.39 Å². The molecule has 0 bridgehead atoms. The lowest BCUT2D eigenvalue weighted by Crippen LogP contribution is -2.03. The number of methoxy groups -OCH3 is 1. The molecule has 1 N–H and O–H groups in total. The number of para-hydroxylation sites is 1. The summed E-state index contributed by atoms with van der Waals surface area (Å²) in [5.74, 6) is -0.385. The predicted octanol–water partition coefficient (Wildman–Crippen LogP) is 2.92. The molecule has 3 heteroatoms. The highest BCUT2D eigenvalue weighted by atomic mass is 19.1. The summed E-state index contributed by atoms with van der Waals surface area (Å²) in [7, 11) is 1.39. The van der Waals surface area contributed by atoms with Gasteiger partial charge in [-0.1, -0.05) is 42.5 Å². The molecule has 2 rings (SSSR count). The topological polar surface area (TPSA) is 29.5 Å². The van der Waals surface area contributed by atoms with Gasteiger partial charge in [0.25, 0.3) is 0 Å². The van der Waals surface area contributed by atoms with E-state index in [2.05, 4.69) is 0 Å². The third kappa shape index (κ3) is 2.29. The molecule has 0 saturated heterocycles. The maximum Gasteiger partial charge on any atom is 0.165 e. The summed E-state index contributed by atoms with van der Waals surface area (Å²) < 4.78 is 18.5. The van der Waals surface area contributed by atoms with Crippen LogP contribution < -0.4 is 4.74 Å². The van der Waals surface area contributed by atoms with E-state index in [4.69, 9.17) is 4.74 Å². The van der Waals surface area contributed by atoms with Gasteiger partial charge in [0.2, 0.25) is 0 Å². The molecule has 0 fully saturated rings. The van der Waals surface area contributed by atoms with Gasteiger partial charge in [-0.05, 0) is 11.6 Å². The number of hydrogen-bond acceptors (Lipinski definition) is 2. The second kappa shape index (κ2) is 4.97. The van der Waals surface area contributed by atoms with Gasteiger partial charge >= 0.3 is 0 Å². The van der Waals surface area contributed by atoms with Gasteiger partial charge in [0, 0.05) is 5.56 Å². The summed E-state index contributed by atoms with van der Waals surface area (Å²) in [5.41, 5.74) is 1.13. The monoisotopic (exact) mass is 232 g/mol. The van der Waals surface area contributed by atoms with E-state index in [0.29, 0.717) is 11.1 Å². The molecule has 0 amide bonds. The quantitative estimate of drug-likeness (QED) is 0.881. The Kier molecular flexibility index (Phi) is 3.40. The van der Waals surface area contributed by atoms with Crippen LogP contribution in [0.15, 0.2) is 48.5 Å². The van der Waals surface area contributed by atoms with E-state index < -0.39 is 11.9 Å². The molecule has 1 atom stereocenters. The molecule has 0 heterocycles. The zero-order valence-corrected chi connectivity index (χ0v) is 9.43. The van der Waals surface area contributed by atoms with Crippen molar-refractivity contribution in [1.29, 1.82) is 0 Å². The van der Waals surface area contributed by atoms with E-state index >= 15 is 0 Å². The molecule has 0 aliphatic rings. The third-order valence-corrected chi connectivity index (χ3v) is 2.61. The van der Waals surface area contributed by atoms with Gasteiger partial charge in [0.15, 0.2) is 11.6 Å². The van der Waals surface area contributed by atoms with Crippen LogP contribution in [0.1, 0.15) is 17.2 Å². The summed E-state index contributed by atoms with van der Waals surface area (Å²) >= 11 is 0. The number of benzene rings is 2. The number of rotatable bonds is 3. The molecule has 17 heavy (non-hydrogen) atoms. The fourth-order valence-corrected chi connectivity index (χ4v) is 1.77. The van der Waals surface area contributed by atoms with E-state index in [9.17, 15) is 9.50 Å². The lowest BCUT2D eigenvalue weighted by molar-refractivity contribution is 0.213. The Morgan fingerprint density at radius 2 is 1.76 bits per heavy atom. The van der Waals surface area contributed by atoms with Crippen LogP contribution in [0.4, 0.5) is 4.39 Å². The second-order valence-corrected chi connectivity index (χ2v) is 3.68. The van der Waals surface area contributed by atoms with E-state index in [1.165, 1.54) is 13.2 Å². The maximum atomic E-state index is 13.5. The van der Waals surface area contributed by atoms with Gasteiger partial charge < -0.3 is 9.84 Å². The minimum absolute atomic E-state index is 0.0869. The Balaban J connectivity index is 2.44. The van der Waals surface area contributed by atoms with Crippen molar-refractivity contribution < 1.29 is 14.2 Å². The number of aliphatic hydroxyl groups excluding tert-OH is 1. The Bertz CT molecular complexity index is 497. The summed E-state index contributed by atoms with van der Waals surface area (Å²) in [6.07, 6.45) is -0.887. The van der Waals surface area contributed by atoms with Crippen LogP contribution in [-0.4, -0.2) is 12.2 Å². The summed E-state index contributed by atoms with van der Waals surface area (Å²) in [5, 5.41) is 10.2. The highest BCUT2D eigenvalue weighted by Gasteiger charge is 2.17. The molecule has 88 valence electrons. The maximum absolute atomic E-state index is 13.5. The molecule has 2 aromatic rings. The molecule has 0 aliphatic heterocycles. The highest BCUT2D eigenvalue weighted by Crippen LogP contribution is 2.31. The average molecular weight is 232 g/mol. The molecule has 0 saturated carbocycles. The van der Waals surface area contributed by atoms with Crippen molar-refractivity contribution in [2.75, 3.05) is 7.11 Å². The first-order chi connectivity index (χ1) is 8.24. The first-order valence-corrected chi connectivity index (χ1v) is 5.29. The Morgan fingerprint density at radius 1 is 1.06 bits per heavy atom. The third-order valence-electron chi connectivity index (χ3n) is 2.61. The Hall–Kier alpha value is -1.87. The Labute approximate surface area is 99.3 Å². The molecule has 0 spiro atoms. The zero-order chi connectivity index (χ0) is 12.3. The van der Waals surface area contributed by atoms with Gasteiger partial charge in [-0.2, -0.15) is 0 Å². The van der Waals surface area contributed by atoms with Crippen molar-refractivity contribution in [2.24, 2.45) is 0 Å². The largest absolute Gasteiger partial charge is 0.493 e. The van der Waals surface area contributed by atoms with Crippen molar-refractivity contribution >= 4 is 0 Å². The Morgan fingerprint density at radius 3 is 2.41 bits per heavy atom. The van der Waals surface area contributed by atoms with Gasteiger partial charge in [-0.3, -0.25) is 0 Å². The summed E-state index contributed by atoms with van der Waals surface area (Å²) in [6.45, 7) is 0. The summed E-state index contributed by atoms with van der Waals surface area (Å²) in [4.78, 5) is 0. The lowest BCUT2D eigenvalue weighted by atomic mass is 10.0. The van der Waals surface area contributed by atoms with Crippen LogP contribution in [-0.2, 0) is 0 Å². The van der Waals surface area contributed by atoms with E-state index in [1.807, 2.05) is 18.2 Å². The zero-order valence-electron chi connectivity index (χ0n) is 9.43. The van der Waals surface area contributed by atoms with Crippen LogP contribution in [0, 0.1) is 5.82 Å². The standard InChI is InChI=1S/C14H13FO2/c1-17-14-11(8-5-9-12(14)15)13(16)10-6-3-2-4-7-10/h2-9,13,16H,1H3. The number of aliphatic hydroxyl groups is 1. The van der Waals surface area contributed by atoms with Crippen LogP contribution in [0.3, 0.4) is 0 Å². The molecule has 0 aromatic heterocycles. The van der Waals surface area contributed by atoms with Gasteiger partial charge in [0.1, 0.15) is 6.10 Å². The molecule has 0 aliphatic carbocycles. The molecular formula is C14H13FO2. The molecule has 2 nitrogen and oxygen atoms in total. The number of hydrogen-bond donors (Lipinski definition) is 1. The van der Waals surface area contributed by atoms with Crippen LogP contribution in [0.5, 0.6) is 5.75 Å². The van der Waals surface area contributed by atoms with Crippen molar-refractivity contribution in [2.45, 2.75) is 6.10 Å². The van der Waals surface area contributed by atoms with Crippen molar-refractivity contribution in [3.63, 3.8) is 0 Å². The fourth-order valence-electron chi connectivity index (χ4n) is 1.77.